The molecule has 3 amide bonds. The average molecular weight is 405 g/mol. The topological polar surface area (TPSA) is 69.7 Å². The zero-order valence-electron chi connectivity index (χ0n) is 17.1. The Morgan fingerprint density at radius 1 is 0.967 bits per heavy atom. The maximum absolute atomic E-state index is 12.5. The molecule has 6 nitrogen and oxygen atoms in total. The lowest BCUT2D eigenvalue weighted by Crippen LogP contribution is -2.36. The van der Waals surface area contributed by atoms with Gasteiger partial charge in [-0.2, -0.15) is 0 Å². The molecule has 30 heavy (non-hydrogen) atoms. The molecule has 6 heteroatoms. The van der Waals surface area contributed by atoms with Crippen LogP contribution in [0.4, 0.5) is 5.69 Å². The fourth-order valence-corrected chi connectivity index (χ4v) is 4.15. The first-order valence-electron chi connectivity index (χ1n) is 10.6. The van der Waals surface area contributed by atoms with Crippen LogP contribution >= 0.6 is 0 Å². The fourth-order valence-electron chi connectivity index (χ4n) is 4.15. The summed E-state index contributed by atoms with van der Waals surface area (Å²) in [7, 11) is 0. The number of anilines is 1. The second-order valence-corrected chi connectivity index (χ2v) is 7.89. The van der Waals surface area contributed by atoms with Gasteiger partial charge < -0.3 is 15.1 Å². The molecule has 1 N–H and O–H groups in total. The average Bonchev–Trinajstić information content (AvgIpc) is 3.22. The molecule has 1 fully saturated rings. The quantitative estimate of drug-likeness (QED) is 0.752. The zero-order chi connectivity index (χ0) is 20.9. The summed E-state index contributed by atoms with van der Waals surface area (Å²) >= 11 is 0. The Balaban J connectivity index is 1.23. The first-order valence-corrected chi connectivity index (χ1v) is 10.6. The van der Waals surface area contributed by atoms with E-state index in [1.807, 2.05) is 23.1 Å². The van der Waals surface area contributed by atoms with Crippen LogP contribution in [-0.4, -0.2) is 42.3 Å². The zero-order valence-corrected chi connectivity index (χ0v) is 17.1. The normalized spacial score (nSPS) is 15.8. The van der Waals surface area contributed by atoms with Gasteiger partial charge in [0, 0.05) is 50.3 Å². The molecule has 2 aliphatic heterocycles. The first-order chi connectivity index (χ1) is 14.6. The molecule has 0 unspecified atom stereocenters. The second-order valence-electron chi connectivity index (χ2n) is 7.89. The van der Waals surface area contributed by atoms with Crippen molar-refractivity contribution in [1.82, 2.24) is 10.2 Å². The maximum atomic E-state index is 12.5. The standard InChI is InChI=1S/C24H27N3O3/c28-22(26-15-12-18-6-1-2-7-20(18)17-26)10-4-13-25-24(30)19-8-3-9-21(16-19)27-14-5-11-23(27)29/h1-3,6-9,16H,4-5,10-15,17H2,(H,25,30). The van der Waals surface area contributed by atoms with E-state index in [2.05, 4.69) is 17.4 Å². The molecule has 0 saturated carbocycles. The van der Waals surface area contributed by atoms with Crippen LogP contribution in [0.1, 0.15) is 47.2 Å². The van der Waals surface area contributed by atoms with Crippen LogP contribution < -0.4 is 10.2 Å². The van der Waals surface area contributed by atoms with E-state index in [4.69, 9.17) is 0 Å². The number of amides is 3. The van der Waals surface area contributed by atoms with Crippen molar-refractivity contribution in [3.63, 3.8) is 0 Å². The van der Waals surface area contributed by atoms with E-state index in [-0.39, 0.29) is 17.7 Å². The summed E-state index contributed by atoms with van der Waals surface area (Å²) in [5.74, 6) is 0.0579. The van der Waals surface area contributed by atoms with Crippen molar-refractivity contribution >= 4 is 23.4 Å². The number of nitrogens with one attached hydrogen (secondary N) is 1. The number of hydrogen-bond acceptors (Lipinski definition) is 3. The lowest BCUT2D eigenvalue weighted by molar-refractivity contribution is -0.132. The van der Waals surface area contributed by atoms with Crippen LogP contribution in [0.2, 0.25) is 0 Å². The summed E-state index contributed by atoms with van der Waals surface area (Å²) < 4.78 is 0. The smallest absolute Gasteiger partial charge is 0.251 e. The molecule has 2 heterocycles. The molecule has 0 aliphatic carbocycles. The summed E-state index contributed by atoms with van der Waals surface area (Å²) in [4.78, 5) is 40.5. The molecule has 2 aromatic rings. The Bertz CT molecular complexity index is 956. The van der Waals surface area contributed by atoms with Gasteiger partial charge in [-0.25, -0.2) is 0 Å². The van der Waals surface area contributed by atoms with Gasteiger partial charge in [0.05, 0.1) is 0 Å². The molecule has 0 bridgehead atoms. The van der Waals surface area contributed by atoms with Crippen molar-refractivity contribution in [3.8, 4) is 0 Å². The molecular formula is C24H27N3O3. The Kier molecular flexibility index (Phi) is 6.12. The summed E-state index contributed by atoms with van der Waals surface area (Å²) in [6.07, 6.45) is 3.34. The van der Waals surface area contributed by atoms with E-state index >= 15 is 0 Å². The molecule has 0 atom stereocenters. The van der Waals surface area contributed by atoms with Gasteiger partial charge in [-0.05, 0) is 48.6 Å². The van der Waals surface area contributed by atoms with E-state index in [1.54, 1.807) is 23.1 Å². The lowest BCUT2D eigenvalue weighted by Gasteiger charge is -2.29. The summed E-state index contributed by atoms with van der Waals surface area (Å²) in [6.45, 7) is 2.57. The monoisotopic (exact) mass is 405 g/mol. The van der Waals surface area contributed by atoms with Crippen molar-refractivity contribution in [2.45, 2.75) is 38.6 Å². The highest BCUT2D eigenvalue weighted by molar-refractivity contribution is 5.99. The van der Waals surface area contributed by atoms with Crippen LogP contribution in [0.15, 0.2) is 48.5 Å². The lowest BCUT2D eigenvalue weighted by atomic mass is 9.99. The predicted octanol–water partition coefficient (Wildman–Crippen LogP) is 2.91. The Morgan fingerprint density at radius 3 is 2.60 bits per heavy atom. The summed E-state index contributed by atoms with van der Waals surface area (Å²) in [5.41, 5.74) is 3.85. The highest BCUT2D eigenvalue weighted by Gasteiger charge is 2.22. The van der Waals surface area contributed by atoms with Gasteiger partial charge in [-0.1, -0.05) is 30.3 Å². The maximum Gasteiger partial charge on any atom is 0.251 e. The number of fused-ring (bicyclic) bond motifs is 1. The highest BCUT2D eigenvalue weighted by atomic mass is 16.2. The fraction of sp³-hybridized carbons (Fsp3) is 0.375. The van der Waals surface area contributed by atoms with E-state index in [1.165, 1.54) is 11.1 Å². The molecule has 0 radical (unpaired) electrons. The van der Waals surface area contributed by atoms with Gasteiger partial charge in [-0.15, -0.1) is 0 Å². The van der Waals surface area contributed by atoms with Gasteiger partial charge in [0.2, 0.25) is 11.8 Å². The number of benzene rings is 2. The van der Waals surface area contributed by atoms with Crippen LogP contribution in [-0.2, 0) is 22.6 Å². The molecule has 2 aromatic carbocycles. The largest absolute Gasteiger partial charge is 0.352 e. The van der Waals surface area contributed by atoms with Crippen LogP contribution in [0.5, 0.6) is 0 Å². The van der Waals surface area contributed by atoms with Crippen LogP contribution in [0, 0.1) is 0 Å². The first kappa shape index (κ1) is 20.1. The number of rotatable bonds is 6. The van der Waals surface area contributed by atoms with E-state index in [0.29, 0.717) is 44.5 Å². The molecule has 0 spiro atoms. The second kappa shape index (κ2) is 9.11. The van der Waals surface area contributed by atoms with Crippen LogP contribution in [0.3, 0.4) is 0 Å². The van der Waals surface area contributed by atoms with Crippen LogP contribution in [0.25, 0.3) is 0 Å². The third-order valence-corrected chi connectivity index (χ3v) is 5.83. The summed E-state index contributed by atoms with van der Waals surface area (Å²) in [6, 6.07) is 15.4. The van der Waals surface area contributed by atoms with Crippen molar-refractivity contribution in [3.05, 3.63) is 65.2 Å². The Hall–Kier alpha value is -3.15. The molecule has 4 rings (SSSR count). The molecule has 0 aromatic heterocycles. The molecule has 156 valence electrons. The van der Waals surface area contributed by atoms with E-state index < -0.39 is 0 Å². The van der Waals surface area contributed by atoms with Crippen molar-refractivity contribution < 1.29 is 14.4 Å². The van der Waals surface area contributed by atoms with Crippen molar-refractivity contribution in [2.75, 3.05) is 24.5 Å². The third-order valence-electron chi connectivity index (χ3n) is 5.83. The Morgan fingerprint density at radius 2 is 1.80 bits per heavy atom. The number of carbonyl (C=O) groups excluding carboxylic acids is 3. The van der Waals surface area contributed by atoms with Gasteiger partial charge in [0.25, 0.3) is 5.91 Å². The van der Waals surface area contributed by atoms with Gasteiger partial charge in [0.15, 0.2) is 0 Å². The molecule has 2 aliphatic rings. The Labute approximate surface area is 176 Å². The van der Waals surface area contributed by atoms with E-state index in [0.717, 1.165) is 25.1 Å². The minimum atomic E-state index is -0.178. The summed E-state index contributed by atoms with van der Waals surface area (Å²) in [5, 5.41) is 2.89. The highest BCUT2D eigenvalue weighted by Crippen LogP contribution is 2.22. The third kappa shape index (κ3) is 4.53. The van der Waals surface area contributed by atoms with Crippen molar-refractivity contribution in [1.29, 1.82) is 0 Å². The molecular weight excluding hydrogens is 378 g/mol. The van der Waals surface area contributed by atoms with Crippen molar-refractivity contribution in [2.24, 2.45) is 0 Å². The van der Waals surface area contributed by atoms with Gasteiger partial charge in [0.1, 0.15) is 0 Å². The number of hydrogen-bond donors (Lipinski definition) is 1. The SMILES string of the molecule is O=C(NCCCC(=O)N1CCc2ccccc2C1)c1cccc(N2CCCC2=O)c1. The number of nitrogens with zero attached hydrogens (tertiary/aromatic N) is 2. The minimum Gasteiger partial charge on any atom is -0.352 e. The van der Waals surface area contributed by atoms with Gasteiger partial charge >= 0.3 is 0 Å². The minimum absolute atomic E-state index is 0.103. The number of carbonyl (C=O) groups is 3. The molecule has 1 saturated heterocycles. The van der Waals surface area contributed by atoms with E-state index in [9.17, 15) is 14.4 Å². The van der Waals surface area contributed by atoms with Gasteiger partial charge in [-0.3, -0.25) is 14.4 Å². The predicted molar refractivity (Wildman–Crippen MR) is 115 cm³/mol.